The minimum Gasteiger partial charge on any atom is -0.480 e. The van der Waals surface area contributed by atoms with E-state index >= 15 is 0 Å². The molecule has 258 valence electrons. The molecular weight excluding hydrogens is 600 g/mol. The first-order valence-corrected chi connectivity index (χ1v) is 15.4. The third-order valence-electron chi connectivity index (χ3n) is 7.77. The van der Waals surface area contributed by atoms with Gasteiger partial charge in [-0.25, -0.2) is 4.79 Å². The second kappa shape index (κ2) is 19.4. The van der Waals surface area contributed by atoms with E-state index in [-0.39, 0.29) is 6.42 Å². The summed E-state index contributed by atoms with van der Waals surface area (Å²) in [5, 5.41) is 41.2. The van der Waals surface area contributed by atoms with E-state index in [0.717, 1.165) is 5.56 Å². The van der Waals surface area contributed by atoms with Crippen LogP contribution < -0.4 is 32.3 Å². The lowest BCUT2D eigenvalue weighted by molar-refractivity contribution is -0.144. The SMILES string of the molecule is CC[C@H](C)[C@H](NC(=O)[C@@H](NC(=O)[C@@H](N)Cc1ccccc1)[C@@H](C)O)C(=O)N[C@H](C(=O)NCC(=O)N[C@H](C(=O)O)[C@@H](C)O)[C@@H](C)CC. The molecule has 0 spiro atoms. The molecule has 5 amide bonds. The summed E-state index contributed by atoms with van der Waals surface area (Å²) in [4.78, 5) is 76.2. The molecule has 1 aromatic rings. The van der Waals surface area contributed by atoms with Crippen LogP contribution in [0.15, 0.2) is 30.3 Å². The van der Waals surface area contributed by atoms with E-state index in [0.29, 0.717) is 12.8 Å². The maximum atomic E-state index is 13.5. The van der Waals surface area contributed by atoms with E-state index < -0.39 is 96.3 Å². The number of aliphatic carboxylic acids is 1. The van der Waals surface area contributed by atoms with Crippen molar-refractivity contribution < 1.29 is 44.1 Å². The van der Waals surface area contributed by atoms with E-state index in [1.54, 1.807) is 52.0 Å². The third-order valence-corrected chi connectivity index (χ3v) is 7.77. The van der Waals surface area contributed by atoms with Gasteiger partial charge < -0.3 is 47.6 Å². The van der Waals surface area contributed by atoms with Crippen LogP contribution in [0.25, 0.3) is 0 Å². The molecule has 46 heavy (non-hydrogen) atoms. The van der Waals surface area contributed by atoms with Crippen LogP contribution in [0.4, 0.5) is 0 Å². The Hall–Kier alpha value is -4.08. The number of hydrogen-bond acceptors (Lipinski definition) is 9. The highest BCUT2D eigenvalue weighted by Gasteiger charge is 2.35. The number of carbonyl (C=O) groups excluding carboxylic acids is 5. The largest absolute Gasteiger partial charge is 0.480 e. The number of carboxylic acids is 1. The van der Waals surface area contributed by atoms with Gasteiger partial charge in [0.2, 0.25) is 29.5 Å². The van der Waals surface area contributed by atoms with Crippen LogP contribution >= 0.6 is 0 Å². The van der Waals surface area contributed by atoms with Crippen molar-refractivity contribution in [2.75, 3.05) is 6.54 Å². The molecule has 0 saturated carbocycles. The van der Waals surface area contributed by atoms with Crippen molar-refractivity contribution >= 4 is 35.5 Å². The standard InChI is InChI=1S/C31H50N6O9/c1-7-16(3)23(28(42)33-15-22(40)34-26(19(6)39)31(45)46)35-29(43)24(17(4)8-2)36-30(44)25(18(5)38)37-27(41)21(32)14-20-12-10-9-11-13-20/h9-13,16-19,21,23-26,38-39H,7-8,14-15,32H2,1-6H3,(H,33,42)(H,34,40)(H,35,43)(H,36,44)(H,37,41)(H,45,46)/t16-,17-,18+,19+,21-,23-,24-,25-,26-/m0/s1. The molecule has 0 radical (unpaired) electrons. The van der Waals surface area contributed by atoms with Gasteiger partial charge in [0.15, 0.2) is 6.04 Å². The van der Waals surface area contributed by atoms with Crippen LogP contribution in [0.3, 0.4) is 0 Å². The van der Waals surface area contributed by atoms with Gasteiger partial charge in [0, 0.05) is 0 Å². The predicted molar refractivity (Wildman–Crippen MR) is 169 cm³/mol. The number of amides is 5. The molecule has 1 rings (SSSR count). The second-order valence-corrected chi connectivity index (χ2v) is 11.6. The zero-order chi connectivity index (χ0) is 35.1. The summed E-state index contributed by atoms with van der Waals surface area (Å²) in [6.07, 6.45) is -1.63. The summed E-state index contributed by atoms with van der Waals surface area (Å²) >= 11 is 0. The van der Waals surface area contributed by atoms with Gasteiger partial charge in [0.1, 0.15) is 18.1 Å². The van der Waals surface area contributed by atoms with Gasteiger partial charge in [-0.2, -0.15) is 0 Å². The van der Waals surface area contributed by atoms with Gasteiger partial charge in [-0.15, -0.1) is 0 Å². The molecule has 0 unspecified atom stereocenters. The quantitative estimate of drug-likeness (QED) is 0.0842. The Morgan fingerprint density at radius 3 is 1.59 bits per heavy atom. The zero-order valence-electron chi connectivity index (χ0n) is 27.3. The van der Waals surface area contributed by atoms with Crippen LogP contribution in [-0.4, -0.2) is 99.8 Å². The Kier molecular flexibility index (Phi) is 16.9. The summed E-state index contributed by atoms with van der Waals surface area (Å²) in [7, 11) is 0. The molecule has 0 bridgehead atoms. The summed E-state index contributed by atoms with van der Waals surface area (Å²) in [6.45, 7) is 8.87. The molecule has 0 aliphatic rings. The first-order valence-electron chi connectivity index (χ1n) is 15.4. The van der Waals surface area contributed by atoms with Gasteiger partial charge >= 0.3 is 5.97 Å². The fourth-order valence-corrected chi connectivity index (χ4v) is 4.41. The minimum absolute atomic E-state index is 0.195. The molecule has 1 aromatic carbocycles. The van der Waals surface area contributed by atoms with Crippen LogP contribution in [0.5, 0.6) is 0 Å². The smallest absolute Gasteiger partial charge is 0.328 e. The van der Waals surface area contributed by atoms with Gasteiger partial charge in [-0.05, 0) is 37.7 Å². The third kappa shape index (κ3) is 12.7. The first kappa shape index (κ1) is 39.9. The molecule has 0 aliphatic heterocycles. The van der Waals surface area contributed by atoms with Crippen molar-refractivity contribution in [3.8, 4) is 0 Å². The molecule has 0 saturated heterocycles. The first-order chi connectivity index (χ1) is 21.5. The lowest BCUT2D eigenvalue weighted by atomic mass is 9.94. The van der Waals surface area contributed by atoms with Gasteiger partial charge in [0.05, 0.1) is 24.8 Å². The Labute approximate surface area is 269 Å². The average molecular weight is 651 g/mol. The maximum Gasteiger partial charge on any atom is 0.328 e. The summed E-state index contributed by atoms with van der Waals surface area (Å²) in [5.74, 6) is -6.10. The van der Waals surface area contributed by atoms with E-state index in [1.807, 2.05) is 6.07 Å². The highest BCUT2D eigenvalue weighted by Crippen LogP contribution is 2.13. The summed E-state index contributed by atoms with van der Waals surface area (Å²) in [5.41, 5.74) is 6.85. The summed E-state index contributed by atoms with van der Waals surface area (Å²) < 4.78 is 0. The number of aliphatic hydroxyl groups excluding tert-OH is 2. The van der Waals surface area contributed by atoms with Crippen molar-refractivity contribution in [2.45, 2.75) is 103 Å². The fourth-order valence-electron chi connectivity index (χ4n) is 4.41. The predicted octanol–water partition coefficient (Wildman–Crippen LogP) is -1.45. The van der Waals surface area contributed by atoms with Crippen molar-refractivity contribution in [2.24, 2.45) is 17.6 Å². The zero-order valence-corrected chi connectivity index (χ0v) is 27.3. The van der Waals surface area contributed by atoms with Gasteiger partial charge in [-0.3, -0.25) is 24.0 Å². The molecule has 15 heteroatoms. The normalized spacial score (nSPS) is 17.0. The van der Waals surface area contributed by atoms with Gasteiger partial charge in [-0.1, -0.05) is 70.9 Å². The minimum atomic E-state index is -1.58. The number of rotatable bonds is 19. The highest BCUT2D eigenvalue weighted by molar-refractivity contribution is 5.96. The second-order valence-electron chi connectivity index (χ2n) is 11.6. The van der Waals surface area contributed by atoms with E-state index in [9.17, 15) is 39.0 Å². The van der Waals surface area contributed by atoms with Crippen LogP contribution in [0.2, 0.25) is 0 Å². The van der Waals surface area contributed by atoms with Crippen LogP contribution in [-0.2, 0) is 35.2 Å². The molecule has 0 aromatic heterocycles. The van der Waals surface area contributed by atoms with Gasteiger partial charge in [0.25, 0.3) is 0 Å². The molecule has 9 atom stereocenters. The molecule has 15 nitrogen and oxygen atoms in total. The number of carbonyl (C=O) groups is 6. The summed E-state index contributed by atoms with van der Waals surface area (Å²) in [6, 6.07) is 2.70. The number of hydrogen-bond donors (Lipinski definition) is 9. The van der Waals surface area contributed by atoms with E-state index in [2.05, 4.69) is 26.6 Å². The number of carboxylic acid groups (broad SMARTS) is 1. The van der Waals surface area contributed by atoms with Crippen molar-refractivity contribution in [3.63, 3.8) is 0 Å². The van der Waals surface area contributed by atoms with E-state index in [1.165, 1.54) is 13.8 Å². The molecule has 10 N–H and O–H groups in total. The van der Waals surface area contributed by atoms with Crippen LogP contribution in [0, 0.1) is 11.8 Å². The lowest BCUT2D eigenvalue weighted by Gasteiger charge is -2.30. The lowest BCUT2D eigenvalue weighted by Crippen LogP contribution is -2.62. The maximum absolute atomic E-state index is 13.5. The Balaban J connectivity index is 3.02. The number of nitrogens with two attached hydrogens (primary N) is 1. The average Bonchev–Trinajstić information content (AvgIpc) is 3.01. The Bertz CT molecular complexity index is 1180. The van der Waals surface area contributed by atoms with E-state index in [4.69, 9.17) is 10.8 Å². The van der Waals surface area contributed by atoms with Crippen molar-refractivity contribution in [3.05, 3.63) is 35.9 Å². The highest BCUT2D eigenvalue weighted by atomic mass is 16.4. The fraction of sp³-hybridized carbons (Fsp3) is 0.613. The monoisotopic (exact) mass is 650 g/mol. The molecular formula is C31H50N6O9. The molecule has 0 fully saturated rings. The van der Waals surface area contributed by atoms with Crippen molar-refractivity contribution in [1.82, 2.24) is 26.6 Å². The number of aliphatic hydroxyl groups is 2. The molecule has 0 aliphatic carbocycles. The Morgan fingerprint density at radius 2 is 1.13 bits per heavy atom. The number of nitrogens with one attached hydrogen (secondary N) is 5. The Morgan fingerprint density at radius 1 is 0.674 bits per heavy atom. The topological polar surface area (TPSA) is 249 Å². The van der Waals surface area contributed by atoms with Crippen LogP contribution in [0.1, 0.15) is 59.9 Å². The number of benzene rings is 1. The molecule has 0 heterocycles. The van der Waals surface area contributed by atoms with Crippen molar-refractivity contribution in [1.29, 1.82) is 0 Å².